The van der Waals surface area contributed by atoms with Gasteiger partial charge in [-0.2, -0.15) is 31.4 Å². The third-order valence-electron chi connectivity index (χ3n) is 6.30. The van der Waals surface area contributed by atoms with E-state index in [2.05, 4.69) is 20.5 Å². The molecule has 8 nitrogen and oxygen atoms in total. The molecule has 1 amide bonds. The Morgan fingerprint density at radius 3 is 2.57 bits per heavy atom. The number of fused-ring (bicyclic) bond motifs is 1. The highest BCUT2D eigenvalue weighted by atomic mass is 19.4. The van der Waals surface area contributed by atoms with Gasteiger partial charge in [-0.3, -0.25) is 10.00 Å². The number of piperazine rings is 1. The van der Waals surface area contributed by atoms with Crippen LogP contribution in [0.1, 0.15) is 16.7 Å². The first kappa shape index (κ1) is 24.9. The molecule has 5 rings (SSSR count). The molecule has 0 spiro atoms. The van der Waals surface area contributed by atoms with Gasteiger partial charge < -0.3 is 15.0 Å². The third-order valence-corrected chi connectivity index (χ3v) is 6.30. The van der Waals surface area contributed by atoms with Crippen molar-refractivity contribution < 1.29 is 35.9 Å². The fourth-order valence-electron chi connectivity index (χ4n) is 4.46. The van der Waals surface area contributed by atoms with Crippen LogP contribution in [0.25, 0.3) is 11.3 Å². The molecule has 2 aliphatic rings. The number of rotatable bonds is 4. The van der Waals surface area contributed by atoms with E-state index < -0.39 is 36.6 Å². The summed E-state index contributed by atoms with van der Waals surface area (Å²) in [5.41, 5.74) is 1.73. The summed E-state index contributed by atoms with van der Waals surface area (Å²) < 4.78 is 85.6. The van der Waals surface area contributed by atoms with E-state index in [0.717, 1.165) is 28.2 Å². The van der Waals surface area contributed by atoms with Crippen molar-refractivity contribution in [2.75, 3.05) is 24.5 Å². The second-order valence-electron chi connectivity index (χ2n) is 8.72. The molecule has 37 heavy (non-hydrogen) atoms. The number of hydrogen-bond acceptors (Lipinski definition) is 6. The maximum atomic E-state index is 14.0. The summed E-state index contributed by atoms with van der Waals surface area (Å²) in [4.78, 5) is 17.7. The largest absolute Gasteiger partial charge is 0.417 e. The lowest BCUT2D eigenvalue weighted by Gasteiger charge is -2.42. The van der Waals surface area contributed by atoms with E-state index in [1.54, 1.807) is 29.3 Å². The monoisotopic (exact) mass is 526 g/mol. The summed E-state index contributed by atoms with van der Waals surface area (Å²) in [7, 11) is 0. The number of benzene rings is 1. The van der Waals surface area contributed by atoms with Gasteiger partial charge in [0.2, 0.25) is 0 Å². The van der Waals surface area contributed by atoms with Crippen molar-refractivity contribution >= 4 is 11.9 Å². The lowest BCUT2D eigenvalue weighted by molar-refractivity contribution is -0.157. The van der Waals surface area contributed by atoms with Crippen LogP contribution in [0.4, 0.5) is 37.0 Å². The Kier molecular flexibility index (Phi) is 6.22. The topological polar surface area (TPSA) is 86.4 Å². The first-order valence-electron chi connectivity index (χ1n) is 11.2. The van der Waals surface area contributed by atoms with Crippen LogP contribution in [0.2, 0.25) is 0 Å². The number of H-pyrrole nitrogens is 1. The Balaban J connectivity index is 1.33. The number of halogens is 6. The molecule has 0 saturated carbocycles. The standard InChI is InChI=1S/C23H20F6N6O2/c24-22(25,26)16-2-4-19(30-10-16)35-6-5-34(12-18(35)23(27,28)29)11-15-9-32-33-20(15)13-1-3-17-14(7-13)8-31-21(36)37-17/h1-4,7,9-10,18H,5-6,8,11-12H2,(H,31,36)(H,32,33)/t18-/m1/s1. The highest BCUT2D eigenvalue weighted by Crippen LogP contribution is 2.35. The molecule has 2 aromatic heterocycles. The Hall–Kier alpha value is -3.81. The van der Waals surface area contributed by atoms with Gasteiger partial charge in [0.1, 0.15) is 17.6 Å². The van der Waals surface area contributed by atoms with Gasteiger partial charge >= 0.3 is 18.4 Å². The van der Waals surface area contributed by atoms with Crippen LogP contribution in [0, 0.1) is 0 Å². The second kappa shape index (κ2) is 9.25. The molecular formula is C23H20F6N6O2. The quantitative estimate of drug-likeness (QED) is 0.492. The van der Waals surface area contributed by atoms with Crippen molar-refractivity contribution in [1.29, 1.82) is 0 Å². The molecule has 1 aromatic carbocycles. The smallest absolute Gasteiger partial charge is 0.410 e. The number of hydrogen-bond donors (Lipinski definition) is 2. The zero-order valence-electron chi connectivity index (χ0n) is 19.0. The molecule has 0 bridgehead atoms. The van der Waals surface area contributed by atoms with E-state index in [4.69, 9.17) is 4.74 Å². The van der Waals surface area contributed by atoms with Crippen LogP contribution in [0.3, 0.4) is 0 Å². The van der Waals surface area contributed by atoms with Crippen molar-refractivity contribution in [3.8, 4) is 17.0 Å². The summed E-state index contributed by atoms with van der Waals surface area (Å²) in [6.45, 7) is 0.187. The van der Waals surface area contributed by atoms with Gasteiger partial charge in [-0.05, 0) is 30.3 Å². The molecule has 1 saturated heterocycles. The third kappa shape index (κ3) is 5.19. The number of anilines is 1. The van der Waals surface area contributed by atoms with Crippen molar-refractivity contribution in [3.63, 3.8) is 0 Å². The van der Waals surface area contributed by atoms with E-state index in [0.29, 0.717) is 23.2 Å². The summed E-state index contributed by atoms with van der Waals surface area (Å²) in [6, 6.07) is 4.91. The minimum atomic E-state index is -4.63. The van der Waals surface area contributed by atoms with E-state index >= 15 is 0 Å². The molecule has 0 radical (unpaired) electrons. The van der Waals surface area contributed by atoms with Crippen LogP contribution < -0.4 is 15.0 Å². The maximum absolute atomic E-state index is 14.0. The molecule has 2 aliphatic heterocycles. The fraction of sp³-hybridized carbons (Fsp3) is 0.348. The maximum Gasteiger partial charge on any atom is 0.417 e. The molecule has 0 aliphatic carbocycles. The zero-order chi connectivity index (χ0) is 26.4. The summed E-state index contributed by atoms with van der Waals surface area (Å²) >= 11 is 0. The average molecular weight is 526 g/mol. The second-order valence-corrected chi connectivity index (χ2v) is 8.72. The predicted octanol–water partition coefficient (Wildman–Crippen LogP) is 4.35. The van der Waals surface area contributed by atoms with Gasteiger partial charge in [-0.15, -0.1) is 0 Å². The predicted molar refractivity (Wildman–Crippen MR) is 119 cm³/mol. The van der Waals surface area contributed by atoms with Gasteiger partial charge in [0.05, 0.1) is 17.5 Å². The normalized spacial score (nSPS) is 18.8. The Morgan fingerprint density at radius 1 is 1.05 bits per heavy atom. The molecular weight excluding hydrogens is 506 g/mol. The van der Waals surface area contributed by atoms with Crippen LogP contribution in [-0.2, 0) is 19.3 Å². The lowest BCUT2D eigenvalue weighted by atomic mass is 10.0. The fourth-order valence-corrected chi connectivity index (χ4v) is 4.46. The van der Waals surface area contributed by atoms with Gasteiger partial charge in [0.25, 0.3) is 0 Å². The van der Waals surface area contributed by atoms with Gasteiger partial charge in [-0.25, -0.2) is 9.78 Å². The van der Waals surface area contributed by atoms with E-state index in [1.165, 1.54) is 0 Å². The Labute approximate surface area is 206 Å². The minimum Gasteiger partial charge on any atom is -0.410 e. The average Bonchev–Trinajstić information content (AvgIpc) is 3.31. The van der Waals surface area contributed by atoms with Gasteiger partial charge in [0, 0.05) is 55.6 Å². The number of carbonyl (C=O) groups is 1. The SMILES string of the molecule is O=C1NCc2cc(-c3[nH]ncc3CN3CCN(c4ccc(C(F)(F)F)cn4)[C@@H](C(F)(F)F)C3)ccc2O1. The number of carbonyl (C=O) groups excluding carboxylic acids is 1. The number of ether oxygens (including phenoxy) is 1. The van der Waals surface area contributed by atoms with E-state index in [1.807, 2.05) is 0 Å². The zero-order valence-corrected chi connectivity index (χ0v) is 19.0. The molecule has 2 N–H and O–H groups in total. The first-order valence-corrected chi connectivity index (χ1v) is 11.2. The number of alkyl halides is 6. The lowest BCUT2D eigenvalue weighted by Crippen LogP contribution is -2.59. The highest BCUT2D eigenvalue weighted by molar-refractivity contribution is 5.74. The van der Waals surface area contributed by atoms with Crippen LogP contribution >= 0.6 is 0 Å². The number of nitrogens with zero attached hydrogens (tertiary/aromatic N) is 4. The first-order chi connectivity index (χ1) is 17.5. The number of pyridine rings is 1. The number of nitrogens with one attached hydrogen (secondary N) is 2. The van der Waals surface area contributed by atoms with Gasteiger partial charge in [-0.1, -0.05) is 0 Å². The number of aromatic amines is 1. The van der Waals surface area contributed by atoms with E-state index in [9.17, 15) is 31.1 Å². The van der Waals surface area contributed by atoms with Gasteiger partial charge in [0.15, 0.2) is 0 Å². The molecule has 0 unspecified atom stereocenters. The van der Waals surface area contributed by atoms with Crippen molar-refractivity contribution in [1.82, 2.24) is 25.4 Å². The number of amides is 1. The molecule has 14 heteroatoms. The van der Waals surface area contributed by atoms with Crippen LogP contribution in [0.5, 0.6) is 5.75 Å². The minimum absolute atomic E-state index is 0.0778. The Morgan fingerprint density at radius 2 is 1.86 bits per heavy atom. The molecule has 1 atom stereocenters. The van der Waals surface area contributed by atoms with Crippen molar-refractivity contribution in [3.05, 3.63) is 59.4 Å². The molecule has 196 valence electrons. The summed E-state index contributed by atoms with van der Waals surface area (Å²) in [5.74, 6) is 0.261. The molecule has 3 aromatic rings. The molecule has 4 heterocycles. The summed E-state index contributed by atoms with van der Waals surface area (Å²) in [6.07, 6.45) is -7.73. The van der Waals surface area contributed by atoms with Crippen LogP contribution in [0.15, 0.2) is 42.7 Å². The van der Waals surface area contributed by atoms with Crippen molar-refractivity contribution in [2.24, 2.45) is 0 Å². The number of aromatic nitrogens is 3. The highest BCUT2D eigenvalue weighted by Gasteiger charge is 2.47. The molecule has 1 fully saturated rings. The summed E-state index contributed by atoms with van der Waals surface area (Å²) in [5, 5.41) is 9.51. The Bertz CT molecular complexity index is 1290. The van der Waals surface area contributed by atoms with Crippen molar-refractivity contribution in [2.45, 2.75) is 31.5 Å². The van der Waals surface area contributed by atoms with E-state index in [-0.39, 0.29) is 32.0 Å². The van der Waals surface area contributed by atoms with Crippen LogP contribution in [-0.4, -0.2) is 58.0 Å².